The number of sulfonamides is 1. The summed E-state index contributed by atoms with van der Waals surface area (Å²) in [5.41, 5.74) is 1.20. The Balaban J connectivity index is 1.55. The van der Waals surface area contributed by atoms with E-state index < -0.39 is 10.0 Å². The van der Waals surface area contributed by atoms with Crippen molar-refractivity contribution in [2.75, 3.05) is 39.8 Å². The van der Waals surface area contributed by atoms with Crippen LogP contribution in [-0.2, 0) is 16.4 Å². The standard InChI is InChI=1S/C18H23N3O3S/c1-24-17-4-6-18(7-5-17)25(22,23)21-13-11-20(12-14-21)10-8-16-3-2-9-19-15-16/h2-7,9,15H,8,10-14H2,1H3. The molecule has 3 rings (SSSR count). The molecule has 0 saturated carbocycles. The molecule has 0 aliphatic carbocycles. The van der Waals surface area contributed by atoms with Crippen LogP contribution in [0.3, 0.4) is 0 Å². The zero-order valence-corrected chi connectivity index (χ0v) is 15.2. The molecule has 2 aromatic rings. The number of piperazine rings is 1. The Kier molecular flexibility index (Phi) is 5.67. The van der Waals surface area contributed by atoms with Crippen LogP contribution in [0.2, 0.25) is 0 Å². The first-order valence-electron chi connectivity index (χ1n) is 8.35. The molecule has 1 aliphatic rings. The first-order valence-corrected chi connectivity index (χ1v) is 9.79. The number of hydrogen-bond donors (Lipinski definition) is 0. The van der Waals surface area contributed by atoms with Gasteiger partial charge in [0.1, 0.15) is 5.75 Å². The molecule has 25 heavy (non-hydrogen) atoms. The van der Waals surface area contributed by atoms with Crippen LogP contribution >= 0.6 is 0 Å². The Morgan fingerprint density at radius 2 is 1.80 bits per heavy atom. The lowest BCUT2D eigenvalue weighted by atomic mass is 10.2. The third-order valence-corrected chi connectivity index (χ3v) is 6.38. The van der Waals surface area contributed by atoms with Gasteiger partial charge in [-0.15, -0.1) is 0 Å². The second-order valence-corrected chi connectivity index (χ2v) is 7.97. The summed E-state index contributed by atoms with van der Waals surface area (Å²) in [5, 5.41) is 0. The predicted octanol–water partition coefficient (Wildman–Crippen LogP) is 1.64. The summed E-state index contributed by atoms with van der Waals surface area (Å²) in [4.78, 5) is 6.74. The highest BCUT2D eigenvalue weighted by molar-refractivity contribution is 7.89. The maximum absolute atomic E-state index is 12.7. The van der Waals surface area contributed by atoms with Gasteiger partial charge in [-0.3, -0.25) is 4.98 Å². The highest BCUT2D eigenvalue weighted by atomic mass is 32.2. The third kappa shape index (κ3) is 4.36. The van der Waals surface area contributed by atoms with E-state index in [9.17, 15) is 8.42 Å². The van der Waals surface area contributed by atoms with Crippen molar-refractivity contribution in [3.63, 3.8) is 0 Å². The van der Waals surface area contributed by atoms with E-state index in [0.717, 1.165) is 26.1 Å². The van der Waals surface area contributed by atoms with E-state index in [4.69, 9.17) is 4.74 Å². The van der Waals surface area contributed by atoms with Gasteiger partial charge in [-0.05, 0) is 42.3 Å². The summed E-state index contributed by atoms with van der Waals surface area (Å²) >= 11 is 0. The van der Waals surface area contributed by atoms with E-state index in [2.05, 4.69) is 16.0 Å². The van der Waals surface area contributed by atoms with Gasteiger partial charge in [0.05, 0.1) is 12.0 Å². The lowest BCUT2D eigenvalue weighted by Crippen LogP contribution is -2.48. The van der Waals surface area contributed by atoms with Gasteiger partial charge in [-0.1, -0.05) is 6.07 Å². The number of nitrogens with zero attached hydrogens (tertiary/aromatic N) is 3. The molecule has 0 spiro atoms. The molecular weight excluding hydrogens is 338 g/mol. The SMILES string of the molecule is COc1ccc(S(=O)(=O)N2CCN(CCc3cccnc3)CC2)cc1. The molecule has 134 valence electrons. The van der Waals surface area contributed by atoms with Gasteiger partial charge in [-0.2, -0.15) is 4.31 Å². The van der Waals surface area contributed by atoms with Gasteiger partial charge < -0.3 is 9.64 Å². The van der Waals surface area contributed by atoms with Crippen LogP contribution in [0.5, 0.6) is 5.75 Å². The van der Waals surface area contributed by atoms with E-state index in [0.29, 0.717) is 23.7 Å². The number of hydrogen-bond acceptors (Lipinski definition) is 5. The summed E-state index contributed by atoms with van der Waals surface area (Å²) in [6, 6.07) is 10.6. The number of ether oxygens (including phenoxy) is 1. The van der Waals surface area contributed by atoms with Gasteiger partial charge in [0, 0.05) is 45.1 Å². The largest absolute Gasteiger partial charge is 0.497 e. The van der Waals surface area contributed by atoms with Crippen molar-refractivity contribution < 1.29 is 13.2 Å². The molecule has 0 atom stereocenters. The predicted molar refractivity (Wildman–Crippen MR) is 96.1 cm³/mol. The Bertz CT molecular complexity index is 771. The molecule has 0 bridgehead atoms. The first-order chi connectivity index (χ1) is 12.1. The minimum absolute atomic E-state index is 0.317. The summed E-state index contributed by atoms with van der Waals surface area (Å²) in [6.45, 7) is 3.44. The lowest BCUT2D eigenvalue weighted by molar-refractivity contribution is 0.190. The molecule has 0 radical (unpaired) electrons. The zero-order chi connectivity index (χ0) is 17.7. The van der Waals surface area contributed by atoms with E-state index >= 15 is 0 Å². The van der Waals surface area contributed by atoms with Crippen LogP contribution in [0, 0.1) is 0 Å². The number of methoxy groups -OCH3 is 1. The minimum Gasteiger partial charge on any atom is -0.497 e. The van der Waals surface area contributed by atoms with Crippen LogP contribution in [-0.4, -0.2) is 62.4 Å². The van der Waals surface area contributed by atoms with Crippen molar-refractivity contribution in [1.82, 2.24) is 14.2 Å². The van der Waals surface area contributed by atoms with Crippen molar-refractivity contribution in [2.45, 2.75) is 11.3 Å². The fourth-order valence-electron chi connectivity index (χ4n) is 2.92. The molecule has 7 heteroatoms. The Hall–Kier alpha value is -1.96. The molecule has 2 heterocycles. The molecule has 6 nitrogen and oxygen atoms in total. The van der Waals surface area contributed by atoms with Crippen LogP contribution in [0.4, 0.5) is 0 Å². The smallest absolute Gasteiger partial charge is 0.243 e. The highest BCUT2D eigenvalue weighted by Gasteiger charge is 2.28. The summed E-state index contributed by atoms with van der Waals surface area (Å²) in [6.07, 6.45) is 4.58. The van der Waals surface area contributed by atoms with Crippen LogP contribution < -0.4 is 4.74 Å². The minimum atomic E-state index is -3.44. The lowest BCUT2D eigenvalue weighted by Gasteiger charge is -2.34. The van der Waals surface area contributed by atoms with Crippen LogP contribution in [0.15, 0.2) is 53.7 Å². The molecule has 1 aromatic carbocycles. The zero-order valence-electron chi connectivity index (χ0n) is 14.3. The first kappa shape index (κ1) is 17.8. The van der Waals surface area contributed by atoms with E-state index in [-0.39, 0.29) is 0 Å². The summed E-state index contributed by atoms with van der Waals surface area (Å²) in [5.74, 6) is 0.652. The second kappa shape index (κ2) is 7.95. The second-order valence-electron chi connectivity index (χ2n) is 6.03. The Labute approximate surface area is 149 Å². The maximum Gasteiger partial charge on any atom is 0.243 e. The number of pyridine rings is 1. The van der Waals surface area contributed by atoms with E-state index in [1.807, 2.05) is 12.3 Å². The molecule has 0 N–H and O–H groups in total. The van der Waals surface area contributed by atoms with Crippen LogP contribution in [0.25, 0.3) is 0 Å². The van der Waals surface area contributed by atoms with Gasteiger partial charge >= 0.3 is 0 Å². The highest BCUT2D eigenvalue weighted by Crippen LogP contribution is 2.20. The number of benzene rings is 1. The van der Waals surface area contributed by atoms with Gasteiger partial charge in [0.15, 0.2) is 0 Å². The molecule has 1 aliphatic heterocycles. The molecule has 1 fully saturated rings. The summed E-state index contributed by atoms with van der Waals surface area (Å²) < 4.78 is 32.1. The van der Waals surface area contributed by atoms with Crippen molar-refractivity contribution >= 4 is 10.0 Å². The topological polar surface area (TPSA) is 62.7 Å². The Morgan fingerprint density at radius 3 is 2.40 bits per heavy atom. The number of rotatable bonds is 6. The van der Waals surface area contributed by atoms with Crippen LogP contribution in [0.1, 0.15) is 5.56 Å². The molecule has 0 amide bonds. The van der Waals surface area contributed by atoms with E-state index in [1.165, 1.54) is 5.56 Å². The van der Waals surface area contributed by atoms with Crippen molar-refractivity contribution in [2.24, 2.45) is 0 Å². The fraction of sp³-hybridized carbons (Fsp3) is 0.389. The Morgan fingerprint density at radius 1 is 1.08 bits per heavy atom. The maximum atomic E-state index is 12.7. The van der Waals surface area contributed by atoms with Gasteiger partial charge in [0.2, 0.25) is 10.0 Å². The van der Waals surface area contributed by atoms with Crippen molar-refractivity contribution in [1.29, 1.82) is 0 Å². The van der Waals surface area contributed by atoms with Gasteiger partial charge in [-0.25, -0.2) is 8.42 Å². The average Bonchev–Trinajstić information content (AvgIpc) is 2.67. The average molecular weight is 361 g/mol. The van der Waals surface area contributed by atoms with E-state index in [1.54, 1.807) is 41.9 Å². The monoisotopic (exact) mass is 361 g/mol. The van der Waals surface area contributed by atoms with Crippen molar-refractivity contribution in [3.8, 4) is 5.75 Å². The molecule has 1 saturated heterocycles. The summed E-state index contributed by atoms with van der Waals surface area (Å²) in [7, 11) is -1.87. The van der Waals surface area contributed by atoms with Crippen molar-refractivity contribution in [3.05, 3.63) is 54.4 Å². The molecule has 1 aromatic heterocycles. The third-order valence-electron chi connectivity index (χ3n) is 4.47. The normalized spacial score (nSPS) is 16.7. The molecular formula is C18H23N3O3S. The molecule has 0 unspecified atom stereocenters. The quantitative estimate of drug-likeness (QED) is 0.783. The fourth-order valence-corrected chi connectivity index (χ4v) is 4.35. The van der Waals surface area contributed by atoms with Gasteiger partial charge in [0.25, 0.3) is 0 Å². The number of aromatic nitrogens is 1.